The third-order valence-corrected chi connectivity index (χ3v) is 5.62. The van der Waals surface area contributed by atoms with Gasteiger partial charge in [-0.25, -0.2) is 9.36 Å². The van der Waals surface area contributed by atoms with Crippen molar-refractivity contribution in [3.63, 3.8) is 0 Å². The van der Waals surface area contributed by atoms with Crippen LogP contribution in [0.2, 0.25) is 0 Å². The summed E-state index contributed by atoms with van der Waals surface area (Å²) < 4.78 is 67.3. The van der Waals surface area contributed by atoms with E-state index in [1.54, 1.807) is 0 Å². The van der Waals surface area contributed by atoms with E-state index >= 15 is 0 Å². The predicted molar refractivity (Wildman–Crippen MR) is 115 cm³/mol. The first kappa shape index (κ1) is 28.7. The molecule has 0 aromatic carbocycles. The molecule has 1 aliphatic carbocycles. The molecule has 0 N–H and O–H groups in total. The van der Waals surface area contributed by atoms with Crippen molar-refractivity contribution in [3.8, 4) is 0 Å². The zero-order chi connectivity index (χ0) is 24.6. The summed E-state index contributed by atoms with van der Waals surface area (Å²) >= 11 is 0. The summed E-state index contributed by atoms with van der Waals surface area (Å²) in [5.74, 6) is 1.54. The van der Waals surface area contributed by atoms with Crippen molar-refractivity contribution in [2.24, 2.45) is 17.8 Å². The third kappa shape index (κ3) is 13.9. The standard InChI is InChI=1S/C22H36NO2.F6P/c1-5-6-7-8-13-23-14-11-19(12-15-23)22(24)25-21-16-18(4)9-10-20(21)17(2)3;1-7(2,3,4,5)6/h11-12,14-15,17-18,20-21H,5-10,13,16H2,1-4H3;/q+1;-1/t18-,20+,21-;/m1./s1. The van der Waals surface area contributed by atoms with E-state index in [0.717, 1.165) is 13.0 Å². The van der Waals surface area contributed by atoms with E-state index in [1.165, 1.54) is 38.5 Å². The summed E-state index contributed by atoms with van der Waals surface area (Å²) in [6.07, 6.45) is 12.5. The van der Waals surface area contributed by atoms with Crippen LogP contribution in [-0.4, -0.2) is 12.1 Å². The number of ether oxygens (including phenoxy) is 1. The molecule has 0 aliphatic heterocycles. The second-order valence-electron chi connectivity index (χ2n) is 9.11. The van der Waals surface area contributed by atoms with Crippen molar-refractivity contribution in [2.45, 2.75) is 85.3 Å². The number of esters is 1. The molecule has 0 unspecified atom stereocenters. The van der Waals surface area contributed by atoms with Gasteiger partial charge in [-0.05, 0) is 37.0 Å². The van der Waals surface area contributed by atoms with Gasteiger partial charge in [-0.2, -0.15) is 0 Å². The Bertz CT molecular complexity index is 711. The minimum absolute atomic E-state index is 0.0672. The first-order chi connectivity index (χ1) is 14.5. The Morgan fingerprint density at radius 1 is 1.06 bits per heavy atom. The van der Waals surface area contributed by atoms with Gasteiger partial charge in [-0.1, -0.05) is 47.0 Å². The molecular weight excluding hydrogens is 455 g/mol. The van der Waals surface area contributed by atoms with Crippen LogP contribution in [-0.2, 0) is 11.3 Å². The van der Waals surface area contributed by atoms with Crippen LogP contribution < -0.4 is 4.57 Å². The number of rotatable bonds is 8. The molecule has 3 atom stereocenters. The fraction of sp³-hybridized carbons (Fsp3) is 0.727. The molecule has 0 amide bonds. The van der Waals surface area contributed by atoms with Crippen LogP contribution >= 0.6 is 7.81 Å². The first-order valence-electron chi connectivity index (χ1n) is 11.2. The summed E-state index contributed by atoms with van der Waals surface area (Å²) in [5.41, 5.74) is 0.672. The maximum atomic E-state index is 12.6. The number of hydrogen-bond acceptors (Lipinski definition) is 2. The van der Waals surface area contributed by atoms with Crippen LogP contribution in [0.3, 0.4) is 0 Å². The van der Waals surface area contributed by atoms with Crippen LogP contribution in [0, 0.1) is 17.8 Å². The number of halogens is 6. The van der Waals surface area contributed by atoms with Crippen LogP contribution in [0.5, 0.6) is 0 Å². The van der Waals surface area contributed by atoms with Crippen molar-refractivity contribution >= 4 is 13.8 Å². The summed E-state index contributed by atoms with van der Waals surface area (Å²) in [4.78, 5) is 12.6. The Morgan fingerprint density at radius 3 is 2.12 bits per heavy atom. The van der Waals surface area contributed by atoms with E-state index in [1.807, 2.05) is 24.5 Å². The Balaban J connectivity index is 0.000000633. The Morgan fingerprint density at radius 2 is 1.62 bits per heavy atom. The molecule has 1 aromatic rings. The third-order valence-electron chi connectivity index (χ3n) is 5.62. The molecule has 0 saturated heterocycles. The molecule has 0 bridgehead atoms. The molecular formula is C22H36F6NO2P. The normalized spacial score (nSPS) is 23.5. The number of unbranched alkanes of at least 4 members (excludes halogenated alkanes) is 3. The molecule has 0 spiro atoms. The first-order valence-corrected chi connectivity index (χ1v) is 13.3. The van der Waals surface area contributed by atoms with Crippen molar-refractivity contribution < 1.29 is 39.3 Å². The van der Waals surface area contributed by atoms with Gasteiger partial charge in [-0.15, -0.1) is 0 Å². The van der Waals surface area contributed by atoms with E-state index in [-0.39, 0.29) is 12.1 Å². The van der Waals surface area contributed by atoms with Crippen LogP contribution in [0.1, 0.15) is 83.0 Å². The molecule has 2 rings (SSSR count). The summed E-state index contributed by atoms with van der Waals surface area (Å²) in [6, 6.07) is 3.80. The van der Waals surface area contributed by atoms with E-state index < -0.39 is 7.81 Å². The Labute approximate surface area is 186 Å². The molecule has 1 heterocycles. The quantitative estimate of drug-likeness (QED) is 0.120. The number of carbonyl (C=O) groups excluding carboxylic acids is 1. The average molecular weight is 491 g/mol. The number of nitrogens with zero attached hydrogens (tertiary/aromatic N) is 1. The van der Waals surface area contributed by atoms with Gasteiger partial charge in [0.1, 0.15) is 12.6 Å². The molecule has 3 nitrogen and oxygen atoms in total. The van der Waals surface area contributed by atoms with Gasteiger partial charge in [0, 0.05) is 18.6 Å². The zero-order valence-corrected chi connectivity index (χ0v) is 20.1. The van der Waals surface area contributed by atoms with Crippen LogP contribution in [0.25, 0.3) is 0 Å². The molecule has 1 aliphatic rings. The number of pyridine rings is 1. The zero-order valence-electron chi connectivity index (χ0n) is 19.3. The number of carbonyl (C=O) groups is 1. The molecule has 0 radical (unpaired) electrons. The van der Waals surface area contributed by atoms with Crippen LogP contribution in [0.15, 0.2) is 24.5 Å². The van der Waals surface area contributed by atoms with Gasteiger partial charge in [-0.3, -0.25) is 0 Å². The fourth-order valence-electron chi connectivity index (χ4n) is 3.92. The van der Waals surface area contributed by atoms with Gasteiger partial charge in [0.15, 0.2) is 12.4 Å². The van der Waals surface area contributed by atoms with Crippen molar-refractivity contribution in [1.82, 2.24) is 0 Å². The molecule has 32 heavy (non-hydrogen) atoms. The molecule has 188 valence electrons. The van der Waals surface area contributed by atoms with E-state index in [9.17, 15) is 30.0 Å². The van der Waals surface area contributed by atoms with Crippen molar-refractivity contribution in [3.05, 3.63) is 30.1 Å². The molecule has 10 heteroatoms. The van der Waals surface area contributed by atoms with Gasteiger partial charge < -0.3 is 4.74 Å². The fourth-order valence-corrected chi connectivity index (χ4v) is 3.92. The van der Waals surface area contributed by atoms with E-state index in [0.29, 0.717) is 23.3 Å². The number of aryl methyl sites for hydroxylation is 1. The van der Waals surface area contributed by atoms with Crippen molar-refractivity contribution in [1.29, 1.82) is 0 Å². The second kappa shape index (κ2) is 10.7. The predicted octanol–water partition coefficient (Wildman–Crippen LogP) is 8.55. The molecule has 1 fully saturated rings. The Kier molecular flexibility index (Phi) is 9.59. The monoisotopic (exact) mass is 491 g/mol. The van der Waals surface area contributed by atoms with Gasteiger partial charge in [0.05, 0.1) is 5.56 Å². The maximum absolute atomic E-state index is 12.6. The summed E-state index contributed by atoms with van der Waals surface area (Å²) in [6.45, 7) is 9.99. The molecule has 1 aromatic heterocycles. The van der Waals surface area contributed by atoms with Crippen LogP contribution in [0.4, 0.5) is 25.2 Å². The topological polar surface area (TPSA) is 30.2 Å². The summed E-state index contributed by atoms with van der Waals surface area (Å²) in [5, 5.41) is 0. The van der Waals surface area contributed by atoms with E-state index in [4.69, 9.17) is 4.74 Å². The molecule has 1 saturated carbocycles. The van der Waals surface area contributed by atoms with Gasteiger partial charge in [0.2, 0.25) is 0 Å². The second-order valence-corrected chi connectivity index (χ2v) is 11.0. The number of hydrogen-bond donors (Lipinski definition) is 0. The van der Waals surface area contributed by atoms with Crippen molar-refractivity contribution in [2.75, 3.05) is 0 Å². The SMILES string of the molecule is CCCCCC[n+]1ccc(C(=O)O[C@@H]2C[C@H](C)CC[C@H]2C(C)C)cc1.F[P-](F)(F)(F)(F)F. The minimum atomic E-state index is -10.7. The van der Waals surface area contributed by atoms with Gasteiger partial charge >= 0.3 is 39.0 Å². The van der Waals surface area contributed by atoms with E-state index in [2.05, 4.69) is 32.3 Å². The average Bonchev–Trinajstić information content (AvgIpc) is 2.63. The van der Waals surface area contributed by atoms with Gasteiger partial charge in [0.25, 0.3) is 0 Å². The number of aromatic nitrogens is 1. The Hall–Kier alpha value is -1.37. The summed E-state index contributed by atoms with van der Waals surface area (Å²) in [7, 11) is -10.7.